The topological polar surface area (TPSA) is 58.2 Å². The van der Waals surface area contributed by atoms with Crippen molar-refractivity contribution in [3.05, 3.63) is 68.7 Å². The first kappa shape index (κ1) is 22.4. The quantitative estimate of drug-likeness (QED) is 0.494. The summed E-state index contributed by atoms with van der Waals surface area (Å²) in [5.41, 5.74) is -0.482. The van der Waals surface area contributed by atoms with E-state index in [-0.39, 0.29) is 21.2 Å². The predicted octanol–water partition coefficient (Wildman–Crippen LogP) is 5.02. The van der Waals surface area contributed by atoms with Crippen LogP contribution < -0.4 is 10.6 Å². The van der Waals surface area contributed by atoms with E-state index >= 15 is 0 Å². The predicted molar refractivity (Wildman–Crippen MR) is 104 cm³/mol. The number of rotatable bonds is 4. The molecule has 1 saturated carbocycles. The smallest absolute Gasteiger partial charge is 0.253 e. The SMILES string of the molecule is O=C(N[C@H]1CCCC[C@@H]1NC(=O)c1cc(F)c(F)cc1Cl)c1cc(F)c(F)cc1Cl. The molecule has 2 aromatic carbocycles. The third-order valence-corrected chi connectivity index (χ3v) is 5.53. The summed E-state index contributed by atoms with van der Waals surface area (Å²) < 4.78 is 53.5. The lowest BCUT2D eigenvalue weighted by Gasteiger charge is -2.33. The second kappa shape index (κ2) is 9.22. The number of amides is 2. The van der Waals surface area contributed by atoms with Gasteiger partial charge in [-0.2, -0.15) is 0 Å². The molecule has 2 amide bonds. The van der Waals surface area contributed by atoms with Gasteiger partial charge in [-0.1, -0.05) is 36.0 Å². The zero-order valence-corrected chi connectivity index (χ0v) is 16.9. The molecular weight excluding hydrogens is 447 g/mol. The summed E-state index contributed by atoms with van der Waals surface area (Å²) in [6, 6.07) is 1.73. The van der Waals surface area contributed by atoms with Crippen LogP contribution in [-0.4, -0.2) is 23.9 Å². The maximum absolute atomic E-state index is 13.5. The van der Waals surface area contributed by atoms with Gasteiger partial charge in [0.25, 0.3) is 11.8 Å². The largest absolute Gasteiger partial charge is 0.347 e. The number of carbonyl (C=O) groups is 2. The Balaban J connectivity index is 1.75. The number of benzene rings is 2. The highest BCUT2D eigenvalue weighted by atomic mass is 35.5. The van der Waals surface area contributed by atoms with Gasteiger partial charge in [-0.05, 0) is 37.1 Å². The highest BCUT2D eigenvalue weighted by molar-refractivity contribution is 6.34. The van der Waals surface area contributed by atoms with E-state index in [0.717, 1.165) is 12.8 Å². The van der Waals surface area contributed by atoms with Crippen LogP contribution >= 0.6 is 23.2 Å². The Kier molecular flexibility index (Phi) is 6.88. The van der Waals surface area contributed by atoms with Gasteiger partial charge in [-0.25, -0.2) is 17.6 Å². The molecule has 160 valence electrons. The summed E-state index contributed by atoms with van der Waals surface area (Å²) in [6.07, 6.45) is 2.52. The van der Waals surface area contributed by atoms with Crippen molar-refractivity contribution in [2.24, 2.45) is 0 Å². The molecule has 3 rings (SSSR count). The number of halogens is 6. The van der Waals surface area contributed by atoms with E-state index in [2.05, 4.69) is 10.6 Å². The van der Waals surface area contributed by atoms with Gasteiger partial charge in [0, 0.05) is 12.1 Å². The molecule has 0 bridgehead atoms. The number of hydrogen-bond acceptors (Lipinski definition) is 2. The van der Waals surface area contributed by atoms with Crippen LogP contribution in [-0.2, 0) is 0 Å². The lowest BCUT2D eigenvalue weighted by atomic mass is 9.89. The van der Waals surface area contributed by atoms with E-state index in [0.29, 0.717) is 37.1 Å². The van der Waals surface area contributed by atoms with E-state index in [4.69, 9.17) is 23.2 Å². The zero-order valence-electron chi connectivity index (χ0n) is 15.4. The van der Waals surface area contributed by atoms with Gasteiger partial charge in [0.1, 0.15) is 0 Å². The van der Waals surface area contributed by atoms with Crippen molar-refractivity contribution in [2.75, 3.05) is 0 Å². The van der Waals surface area contributed by atoms with E-state index in [1.54, 1.807) is 0 Å². The molecule has 0 aliphatic heterocycles. The fourth-order valence-corrected chi connectivity index (χ4v) is 3.83. The van der Waals surface area contributed by atoms with Crippen molar-refractivity contribution in [1.29, 1.82) is 0 Å². The fraction of sp³-hybridized carbons (Fsp3) is 0.300. The molecule has 30 heavy (non-hydrogen) atoms. The molecule has 4 nitrogen and oxygen atoms in total. The third kappa shape index (κ3) is 4.87. The molecule has 0 aromatic heterocycles. The summed E-state index contributed by atoms with van der Waals surface area (Å²) in [6.45, 7) is 0. The highest BCUT2D eigenvalue weighted by Crippen LogP contribution is 2.24. The second-order valence-corrected chi connectivity index (χ2v) is 7.75. The summed E-state index contributed by atoms with van der Waals surface area (Å²) >= 11 is 11.7. The molecule has 0 saturated heterocycles. The Morgan fingerprint density at radius 3 is 1.40 bits per heavy atom. The van der Waals surface area contributed by atoms with Crippen molar-refractivity contribution in [2.45, 2.75) is 37.8 Å². The fourth-order valence-electron chi connectivity index (χ4n) is 3.36. The monoisotopic (exact) mass is 462 g/mol. The van der Waals surface area contributed by atoms with Gasteiger partial charge in [-0.15, -0.1) is 0 Å². The average molecular weight is 463 g/mol. The summed E-state index contributed by atoms with van der Waals surface area (Å²) in [4.78, 5) is 25.1. The number of hydrogen-bond donors (Lipinski definition) is 2. The van der Waals surface area contributed by atoms with Crippen molar-refractivity contribution in [1.82, 2.24) is 10.6 Å². The number of carbonyl (C=O) groups excluding carboxylic acids is 2. The van der Waals surface area contributed by atoms with Gasteiger partial charge in [0.05, 0.1) is 21.2 Å². The minimum atomic E-state index is -1.22. The molecule has 10 heteroatoms. The van der Waals surface area contributed by atoms with E-state index in [1.807, 2.05) is 0 Å². The van der Waals surface area contributed by atoms with E-state index < -0.39 is 47.2 Å². The maximum atomic E-state index is 13.5. The second-order valence-electron chi connectivity index (χ2n) is 6.94. The normalized spacial score (nSPS) is 18.7. The molecule has 1 fully saturated rings. The first-order valence-corrected chi connectivity index (χ1v) is 9.83. The van der Waals surface area contributed by atoms with Gasteiger partial charge in [0.15, 0.2) is 23.3 Å². The average Bonchev–Trinajstić information content (AvgIpc) is 2.68. The van der Waals surface area contributed by atoms with Gasteiger partial charge in [-0.3, -0.25) is 9.59 Å². The molecule has 2 N–H and O–H groups in total. The summed E-state index contributed by atoms with van der Waals surface area (Å²) in [5.74, 6) is -6.24. The Morgan fingerprint density at radius 1 is 0.700 bits per heavy atom. The number of nitrogens with one attached hydrogen (secondary N) is 2. The molecule has 0 unspecified atom stereocenters. The van der Waals surface area contributed by atoms with Crippen LogP contribution in [0.4, 0.5) is 17.6 Å². The van der Waals surface area contributed by atoms with Gasteiger partial charge >= 0.3 is 0 Å². The van der Waals surface area contributed by atoms with Crippen LogP contribution in [0.1, 0.15) is 46.4 Å². The van der Waals surface area contributed by atoms with Crippen LogP contribution in [0, 0.1) is 23.3 Å². The van der Waals surface area contributed by atoms with Crippen molar-refractivity contribution in [3.8, 4) is 0 Å². The summed E-state index contributed by atoms with van der Waals surface area (Å²) in [7, 11) is 0. The van der Waals surface area contributed by atoms with Crippen molar-refractivity contribution < 1.29 is 27.2 Å². The molecule has 0 radical (unpaired) electrons. The Labute approximate surface area is 179 Å². The minimum Gasteiger partial charge on any atom is -0.347 e. The molecule has 0 spiro atoms. The van der Waals surface area contributed by atoms with Crippen LogP contribution in [0.3, 0.4) is 0 Å². The third-order valence-electron chi connectivity index (χ3n) is 4.91. The zero-order chi connectivity index (χ0) is 22.0. The lowest BCUT2D eigenvalue weighted by Crippen LogP contribution is -2.53. The Bertz CT molecular complexity index is 924. The first-order chi connectivity index (χ1) is 14.2. The van der Waals surface area contributed by atoms with Crippen molar-refractivity contribution >= 4 is 35.0 Å². The van der Waals surface area contributed by atoms with Gasteiger partial charge in [0.2, 0.25) is 0 Å². The van der Waals surface area contributed by atoms with E-state index in [9.17, 15) is 27.2 Å². The van der Waals surface area contributed by atoms with E-state index in [1.165, 1.54) is 0 Å². The Hall–Kier alpha value is -2.32. The van der Waals surface area contributed by atoms with Crippen LogP contribution in [0.5, 0.6) is 0 Å². The first-order valence-electron chi connectivity index (χ1n) is 9.08. The highest BCUT2D eigenvalue weighted by Gasteiger charge is 2.30. The van der Waals surface area contributed by atoms with Crippen LogP contribution in [0.15, 0.2) is 24.3 Å². The molecule has 1 aliphatic carbocycles. The molecule has 2 aromatic rings. The minimum absolute atomic E-state index is 0.241. The van der Waals surface area contributed by atoms with Gasteiger partial charge < -0.3 is 10.6 Å². The molecular formula is C20H16Cl2F4N2O2. The molecule has 0 heterocycles. The van der Waals surface area contributed by atoms with Crippen molar-refractivity contribution in [3.63, 3.8) is 0 Å². The van der Waals surface area contributed by atoms with Crippen LogP contribution in [0.2, 0.25) is 10.0 Å². The van der Waals surface area contributed by atoms with Crippen LogP contribution in [0.25, 0.3) is 0 Å². The molecule has 2 atom stereocenters. The molecule has 1 aliphatic rings. The maximum Gasteiger partial charge on any atom is 0.253 e. The standard InChI is InChI=1S/C20H16Cl2F4N2O2/c21-11-7-15(25)13(23)5-9(11)19(29)27-17-3-1-2-4-18(17)28-20(30)10-6-14(24)16(26)8-12(10)22/h5-8,17-18H,1-4H2,(H,27,29)(H,28,30)/t17-,18-/m0/s1. The Morgan fingerprint density at radius 2 is 1.03 bits per heavy atom. The summed E-state index contributed by atoms with van der Waals surface area (Å²) in [5, 5.41) is 4.83. The lowest BCUT2D eigenvalue weighted by molar-refractivity contribution is 0.0862.